The van der Waals surface area contributed by atoms with Crippen molar-refractivity contribution in [2.75, 3.05) is 11.9 Å². The lowest BCUT2D eigenvalue weighted by Gasteiger charge is -2.23. The van der Waals surface area contributed by atoms with Crippen molar-refractivity contribution in [1.82, 2.24) is 14.5 Å². The number of anilines is 1. The van der Waals surface area contributed by atoms with Gasteiger partial charge in [0.1, 0.15) is 17.9 Å². The Morgan fingerprint density at radius 1 is 1.26 bits per heavy atom. The molecule has 27 heavy (non-hydrogen) atoms. The zero-order chi connectivity index (χ0) is 18.8. The van der Waals surface area contributed by atoms with E-state index in [-0.39, 0.29) is 11.8 Å². The van der Waals surface area contributed by atoms with Gasteiger partial charge in [-0.1, -0.05) is 26.0 Å². The summed E-state index contributed by atoms with van der Waals surface area (Å²) in [5, 5.41) is 2.96. The van der Waals surface area contributed by atoms with Gasteiger partial charge in [-0.05, 0) is 35.7 Å². The van der Waals surface area contributed by atoms with E-state index in [1.165, 1.54) is 0 Å². The first-order valence-electron chi connectivity index (χ1n) is 9.12. The number of amides is 1. The van der Waals surface area contributed by atoms with Crippen LogP contribution < -0.4 is 10.1 Å². The zero-order valence-corrected chi connectivity index (χ0v) is 15.4. The number of fused-ring (bicyclic) bond motifs is 1. The molecule has 0 radical (unpaired) electrons. The second kappa shape index (κ2) is 7.23. The fourth-order valence-corrected chi connectivity index (χ4v) is 3.23. The number of rotatable bonds is 5. The van der Waals surface area contributed by atoms with Crippen LogP contribution in [0.3, 0.4) is 0 Å². The van der Waals surface area contributed by atoms with Crippen molar-refractivity contribution in [1.29, 1.82) is 0 Å². The van der Waals surface area contributed by atoms with Crippen LogP contribution in [-0.4, -0.2) is 27.0 Å². The van der Waals surface area contributed by atoms with Gasteiger partial charge in [0.05, 0.1) is 24.2 Å². The molecule has 0 saturated heterocycles. The molecule has 0 bridgehead atoms. The molecule has 1 aliphatic heterocycles. The molecule has 1 aromatic carbocycles. The van der Waals surface area contributed by atoms with Gasteiger partial charge in [-0.15, -0.1) is 0 Å². The van der Waals surface area contributed by atoms with Crippen LogP contribution in [-0.2, 0) is 4.79 Å². The number of nitrogens with one attached hydrogen (secondary N) is 1. The Labute approximate surface area is 158 Å². The van der Waals surface area contributed by atoms with E-state index in [1.807, 2.05) is 41.0 Å². The van der Waals surface area contributed by atoms with E-state index in [4.69, 9.17) is 4.74 Å². The van der Waals surface area contributed by atoms with Crippen LogP contribution in [0.1, 0.15) is 37.4 Å². The molecule has 1 amide bonds. The maximum absolute atomic E-state index is 12.3. The number of ether oxygens (including phenoxy) is 1. The van der Waals surface area contributed by atoms with E-state index in [2.05, 4.69) is 29.1 Å². The van der Waals surface area contributed by atoms with Gasteiger partial charge in [0.25, 0.3) is 0 Å². The third kappa shape index (κ3) is 3.56. The zero-order valence-electron chi connectivity index (χ0n) is 15.4. The van der Waals surface area contributed by atoms with Gasteiger partial charge < -0.3 is 10.1 Å². The third-order valence-electron chi connectivity index (χ3n) is 4.56. The van der Waals surface area contributed by atoms with Crippen LogP contribution in [0.25, 0.3) is 5.69 Å². The van der Waals surface area contributed by atoms with Gasteiger partial charge in [0.15, 0.2) is 0 Å². The second-order valence-electron chi connectivity index (χ2n) is 7.14. The summed E-state index contributed by atoms with van der Waals surface area (Å²) in [4.78, 5) is 21.1. The fraction of sp³-hybridized carbons (Fsp3) is 0.286. The van der Waals surface area contributed by atoms with E-state index in [0.717, 1.165) is 22.7 Å². The van der Waals surface area contributed by atoms with Gasteiger partial charge in [0.2, 0.25) is 5.91 Å². The first-order valence-corrected chi connectivity index (χ1v) is 9.12. The summed E-state index contributed by atoms with van der Waals surface area (Å²) in [7, 11) is 0. The smallest absolute Gasteiger partial charge is 0.226 e. The Kier molecular flexibility index (Phi) is 4.62. The number of nitrogens with zero attached hydrogens (tertiary/aromatic N) is 3. The molecular weight excluding hydrogens is 340 g/mol. The number of pyridine rings is 1. The predicted molar refractivity (Wildman–Crippen MR) is 103 cm³/mol. The Morgan fingerprint density at radius 2 is 2.07 bits per heavy atom. The van der Waals surface area contributed by atoms with Crippen LogP contribution >= 0.6 is 0 Å². The molecule has 0 aliphatic carbocycles. The Hall–Kier alpha value is -3.15. The Bertz CT molecular complexity index is 933. The molecule has 1 atom stereocenters. The standard InChI is InChI=1S/C21H22N4O2/c1-14(2)12-27-17-7-5-15(6-8-17)18-10-19(26)24-21-20(18)23-13-25(21)16-4-3-9-22-11-16/h3-9,11,13-14,18H,10,12H2,1-2H3,(H,24,26)/t18-/m0/s1. The minimum Gasteiger partial charge on any atom is -0.493 e. The number of hydrogen-bond acceptors (Lipinski definition) is 4. The molecule has 0 fully saturated rings. The van der Waals surface area contributed by atoms with E-state index in [1.54, 1.807) is 18.7 Å². The van der Waals surface area contributed by atoms with Crippen molar-refractivity contribution in [3.05, 3.63) is 66.4 Å². The summed E-state index contributed by atoms with van der Waals surface area (Å²) >= 11 is 0. The summed E-state index contributed by atoms with van der Waals surface area (Å²) in [5.41, 5.74) is 2.79. The van der Waals surface area contributed by atoms with E-state index < -0.39 is 0 Å². The molecular formula is C21H22N4O2. The highest BCUT2D eigenvalue weighted by Gasteiger charge is 2.31. The largest absolute Gasteiger partial charge is 0.493 e. The maximum Gasteiger partial charge on any atom is 0.226 e. The van der Waals surface area contributed by atoms with Crippen molar-refractivity contribution < 1.29 is 9.53 Å². The molecule has 1 N–H and O–H groups in total. The lowest BCUT2D eigenvalue weighted by Crippen LogP contribution is -2.24. The van der Waals surface area contributed by atoms with E-state index in [0.29, 0.717) is 24.8 Å². The van der Waals surface area contributed by atoms with Gasteiger partial charge in [-0.2, -0.15) is 0 Å². The van der Waals surface area contributed by atoms with Gasteiger partial charge in [-0.3, -0.25) is 14.3 Å². The van der Waals surface area contributed by atoms with Gasteiger partial charge >= 0.3 is 0 Å². The van der Waals surface area contributed by atoms with Crippen molar-refractivity contribution in [2.24, 2.45) is 5.92 Å². The molecule has 3 aromatic rings. The summed E-state index contributed by atoms with van der Waals surface area (Å²) in [6.45, 7) is 4.93. The lowest BCUT2D eigenvalue weighted by atomic mass is 9.90. The van der Waals surface area contributed by atoms with E-state index >= 15 is 0 Å². The molecule has 4 rings (SSSR count). The molecule has 6 nitrogen and oxygen atoms in total. The number of hydrogen-bond donors (Lipinski definition) is 1. The van der Waals surface area contributed by atoms with Crippen molar-refractivity contribution in [3.8, 4) is 11.4 Å². The highest BCUT2D eigenvalue weighted by atomic mass is 16.5. The topological polar surface area (TPSA) is 69.0 Å². The highest BCUT2D eigenvalue weighted by molar-refractivity contribution is 5.94. The van der Waals surface area contributed by atoms with Crippen molar-refractivity contribution >= 4 is 11.7 Å². The Morgan fingerprint density at radius 3 is 2.78 bits per heavy atom. The first-order chi connectivity index (χ1) is 13.1. The third-order valence-corrected chi connectivity index (χ3v) is 4.56. The summed E-state index contributed by atoms with van der Waals surface area (Å²) < 4.78 is 7.62. The van der Waals surface area contributed by atoms with E-state index in [9.17, 15) is 4.79 Å². The van der Waals surface area contributed by atoms with Gasteiger partial charge in [0, 0.05) is 18.5 Å². The predicted octanol–water partition coefficient (Wildman–Crippen LogP) is 3.78. The average Bonchev–Trinajstić information content (AvgIpc) is 3.10. The minimum atomic E-state index is -0.0779. The summed E-state index contributed by atoms with van der Waals surface area (Å²) in [5.74, 6) is 1.94. The van der Waals surface area contributed by atoms with Crippen LogP contribution in [0.15, 0.2) is 55.1 Å². The first kappa shape index (κ1) is 17.3. The maximum atomic E-state index is 12.3. The minimum absolute atomic E-state index is 0.0155. The summed E-state index contributed by atoms with van der Waals surface area (Å²) in [6, 6.07) is 11.8. The number of carbonyl (C=O) groups is 1. The van der Waals surface area contributed by atoms with Gasteiger partial charge in [-0.25, -0.2) is 4.98 Å². The normalized spacial score (nSPS) is 16.1. The van der Waals surface area contributed by atoms with Crippen molar-refractivity contribution in [3.63, 3.8) is 0 Å². The lowest BCUT2D eigenvalue weighted by molar-refractivity contribution is -0.116. The number of benzene rings is 1. The molecule has 0 unspecified atom stereocenters. The quantitative estimate of drug-likeness (QED) is 0.750. The number of carbonyl (C=O) groups excluding carboxylic acids is 1. The molecule has 1 aliphatic rings. The monoisotopic (exact) mass is 362 g/mol. The molecule has 3 heterocycles. The molecule has 6 heteroatoms. The molecule has 0 spiro atoms. The van der Waals surface area contributed by atoms with Crippen LogP contribution in [0.2, 0.25) is 0 Å². The van der Waals surface area contributed by atoms with Crippen LogP contribution in [0.4, 0.5) is 5.82 Å². The second-order valence-corrected chi connectivity index (χ2v) is 7.14. The molecule has 0 saturated carbocycles. The SMILES string of the molecule is CC(C)COc1ccc([C@@H]2CC(=O)Nc3c2ncn3-c2cccnc2)cc1. The molecule has 138 valence electrons. The highest BCUT2D eigenvalue weighted by Crippen LogP contribution is 2.37. The van der Waals surface area contributed by atoms with Crippen molar-refractivity contribution in [2.45, 2.75) is 26.2 Å². The van der Waals surface area contributed by atoms with Crippen LogP contribution in [0.5, 0.6) is 5.75 Å². The number of imidazole rings is 1. The summed E-state index contributed by atoms with van der Waals surface area (Å²) in [6.07, 6.45) is 5.58. The molecule has 2 aromatic heterocycles. The van der Waals surface area contributed by atoms with Crippen LogP contribution in [0, 0.1) is 5.92 Å². The fourth-order valence-electron chi connectivity index (χ4n) is 3.23. The average molecular weight is 362 g/mol. The Balaban J connectivity index is 1.64. The number of aromatic nitrogens is 3.